The number of nitrogens with zero attached hydrogens (tertiary/aromatic N) is 2. The molecule has 0 saturated heterocycles. The molecule has 1 atom stereocenters. The second-order valence-corrected chi connectivity index (χ2v) is 7.02. The van der Waals surface area contributed by atoms with Gasteiger partial charge in [0.15, 0.2) is 5.78 Å². The van der Waals surface area contributed by atoms with Crippen molar-refractivity contribution in [2.45, 2.75) is 25.2 Å². The third-order valence-electron chi connectivity index (χ3n) is 3.88. The maximum absolute atomic E-state index is 11.3. The van der Waals surface area contributed by atoms with Crippen LogP contribution in [0, 0.1) is 6.92 Å². The van der Waals surface area contributed by atoms with E-state index in [0.29, 0.717) is 28.2 Å². The normalized spacial score (nSPS) is 12.0. The Morgan fingerprint density at radius 3 is 2.63 bits per heavy atom. The first kappa shape index (κ1) is 19.1. The van der Waals surface area contributed by atoms with E-state index in [4.69, 9.17) is 9.15 Å². The first-order chi connectivity index (χ1) is 13.0. The number of carbonyl (C=O) groups is 1. The number of benzene rings is 2. The van der Waals surface area contributed by atoms with Gasteiger partial charge in [-0.1, -0.05) is 30.0 Å². The molecule has 140 valence electrons. The summed E-state index contributed by atoms with van der Waals surface area (Å²) in [4.78, 5) is 11.3. The molecule has 0 amide bonds. The maximum atomic E-state index is 11.3. The molecule has 0 saturated carbocycles. The minimum Gasteiger partial charge on any atom is -0.491 e. The van der Waals surface area contributed by atoms with Crippen molar-refractivity contribution in [1.82, 2.24) is 10.2 Å². The lowest BCUT2D eigenvalue weighted by molar-refractivity contribution is 0.101. The monoisotopic (exact) mass is 384 g/mol. The van der Waals surface area contributed by atoms with Gasteiger partial charge in [-0.2, -0.15) is 0 Å². The second kappa shape index (κ2) is 8.83. The highest BCUT2D eigenvalue weighted by molar-refractivity contribution is 7.99. The van der Waals surface area contributed by atoms with Crippen molar-refractivity contribution in [1.29, 1.82) is 0 Å². The Kier molecular flexibility index (Phi) is 6.26. The van der Waals surface area contributed by atoms with Gasteiger partial charge in [0, 0.05) is 16.9 Å². The molecular formula is C20H20N2O4S. The standard InChI is InChI=1S/C20H20N2O4S/c1-13-5-3-4-6-18(13)19-21-22-20(26-19)27-12-16(24)11-25-17-9-7-15(8-10-17)14(2)23/h3-10,16,24H,11-12H2,1-2H3. The highest BCUT2D eigenvalue weighted by Crippen LogP contribution is 2.25. The molecule has 0 bridgehead atoms. The number of carbonyl (C=O) groups excluding carboxylic acids is 1. The van der Waals surface area contributed by atoms with E-state index < -0.39 is 6.10 Å². The molecule has 7 heteroatoms. The zero-order chi connectivity index (χ0) is 19.2. The van der Waals surface area contributed by atoms with Crippen LogP contribution >= 0.6 is 11.8 Å². The van der Waals surface area contributed by atoms with Crippen LogP contribution in [0.15, 0.2) is 58.2 Å². The highest BCUT2D eigenvalue weighted by Gasteiger charge is 2.13. The zero-order valence-corrected chi connectivity index (χ0v) is 15.9. The topological polar surface area (TPSA) is 85.5 Å². The molecule has 1 aromatic heterocycles. The summed E-state index contributed by atoms with van der Waals surface area (Å²) in [6.45, 7) is 3.63. The summed E-state index contributed by atoms with van der Waals surface area (Å²) >= 11 is 1.28. The van der Waals surface area contributed by atoms with Gasteiger partial charge in [0.1, 0.15) is 12.4 Å². The summed E-state index contributed by atoms with van der Waals surface area (Å²) in [5.41, 5.74) is 2.58. The van der Waals surface area contributed by atoms with Gasteiger partial charge >= 0.3 is 0 Å². The van der Waals surface area contributed by atoms with Crippen LogP contribution in [0.25, 0.3) is 11.5 Å². The van der Waals surface area contributed by atoms with E-state index in [0.717, 1.165) is 11.1 Å². The third-order valence-corrected chi connectivity index (χ3v) is 4.85. The number of aliphatic hydroxyl groups is 1. The predicted octanol–water partition coefficient (Wildman–Crippen LogP) is 3.78. The molecular weight excluding hydrogens is 364 g/mol. The molecule has 0 spiro atoms. The predicted molar refractivity (Wildman–Crippen MR) is 103 cm³/mol. The fourth-order valence-electron chi connectivity index (χ4n) is 2.38. The number of rotatable bonds is 8. The smallest absolute Gasteiger partial charge is 0.276 e. The Hall–Kier alpha value is -2.64. The van der Waals surface area contributed by atoms with E-state index in [-0.39, 0.29) is 12.4 Å². The lowest BCUT2D eigenvalue weighted by atomic mass is 10.1. The summed E-state index contributed by atoms with van der Waals surface area (Å²) in [5, 5.41) is 18.6. The number of aromatic nitrogens is 2. The van der Waals surface area contributed by atoms with Crippen LogP contribution in [0.3, 0.4) is 0 Å². The number of ketones is 1. The number of aryl methyl sites for hydroxylation is 1. The van der Waals surface area contributed by atoms with Crippen LogP contribution in [0.2, 0.25) is 0 Å². The summed E-state index contributed by atoms with van der Waals surface area (Å²) in [6.07, 6.45) is -0.698. The molecule has 0 fully saturated rings. The quantitative estimate of drug-likeness (QED) is 0.467. The van der Waals surface area contributed by atoms with Gasteiger partial charge in [-0.25, -0.2) is 0 Å². The van der Waals surface area contributed by atoms with Crippen LogP contribution in [0.4, 0.5) is 0 Å². The largest absolute Gasteiger partial charge is 0.491 e. The summed E-state index contributed by atoms with van der Waals surface area (Å²) in [7, 11) is 0. The number of hydrogen-bond acceptors (Lipinski definition) is 7. The lowest BCUT2D eigenvalue weighted by Crippen LogP contribution is -2.20. The summed E-state index contributed by atoms with van der Waals surface area (Å²) < 4.78 is 11.2. The molecule has 0 aliphatic heterocycles. The molecule has 1 unspecified atom stereocenters. The van der Waals surface area contributed by atoms with Crippen LogP contribution in [-0.4, -0.2) is 39.6 Å². The fourth-order valence-corrected chi connectivity index (χ4v) is 3.05. The van der Waals surface area contributed by atoms with Crippen molar-refractivity contribution in [3.63, 3.8) is 0 Å². The lowest BCUT2D eigenvalue weighted by Gasteiger charge is -2.11. The van der Waals surface area contributed by atoms with Gasteiger partial charge in [0.25, 0.3) is 5.22 Å². The first-order valence-corrected chi connectivity index (χ1v) is 9.45. The van der Waals surface area contributed by atoms with Gasteiger partial charge in [-0.05, 0) is 49.7 Å². The Balaban J connectivity index is 1.49. The van der Waals surface area contributed by atoms with Gasteiger partial charge in [-0.3, -0.25) is 4.79 Å². The molecule has 0 radical (unpaired) electrons. The SMILES string of the molecule is CC(=O)c1ccc(OCC(O)CSc2nnc(-c3ccccc3C)o2)cc1. The van der Waals surface area contributed by atoms with Crippen molar-refractivity contribution < 1.29 is 19.1 Å². The van der Waals surface area contributed by atoms with Crippen molar-refractivity contribution in [2.24, 2.45) is 0 Å². The second-order valence-electron chi connectivity index (χ2n) is 6.04. The molecule has 3 rings (SSSR count). The minimum atomic E-state index is -0.698. The van der Waals surface area contributed by atoms with Crippen molar-refractivity contribution in [3.8, 4) is 17.2 Å². The van der Waals surface area contributed by atoms with Crippen LogP contribution < -0.4 is 4.74 Å². The molecule has 3 aromatic rings. The summed E-state index contributed by atoms with van der Waals surface area (Å²) in [5.74, 6) is 1.43. The molecule has 2 aromatic carbocycles. The van der Waals surface area contributed by atoms with Crippen LogP contribution in [-0.2, 0) is 0 Å². The van der Waals surface area contributed by atoms with E-state index in [9.17, 15) is 9.90 Å². The first-order valence-electron chi connectivity index (χ1n) is 8.47. The Labute approximate surface area is 161 Å². The number of aliphatic hydroxyl groups excluding tert-OH is 1. The van der Waals surface area contributed by atoms with Gasteiger partial charge in [0.2, 0.25) is 5.89 Å². The zero-order valence-electron chi connectivity index (χ0n) is 15.1. The fraction of sp³-hybridized carbons (Fsp3) is 0.250. The van der Waals surface area contributed by atoms with Gasteiger partial charge < -0.3 is 14.3 Å². The van der Waals surface area contributed by atoms with Crippen molar-refractivity contribution in [2.75, 3.05) is 12.4 Å². The molecule has 0 aliphatic carbocycles. The average Bonchev–Trinajstić information content (AvgIpc) is 3.14. The number of Topliss-reactive ketones (excluding diaryl/α,β-unsaturated/α-hetero) is 1. The van der Waals surface area contributed by atoms with E-state index in [2.05, 4.69) is 10.2 Å². The number of hydrogen-bond donors (Lipinski definition) is 1. The maximum Gasteiger partial charge on any atom is 0.276 e. The Morgan fingerprint density at radius 2 is 1.93 bits per heavy atom. The Bertz CT molecular complexity index is 908. The van der Waals surface area contributed by atoms with E-state index in [1.807, 2.05) is 31.2 Å². The molecule has 27 heavy (non-hydrogen) atoms. The number of thioether (sulfide) groups is 1. The van der Waals surface area contributed by atoms with Gasteiger partial charge in [0.05, 0.1) is 6.10 Å². The summed E-state index contributed by atoms with van der Waals surface area (Å²) in [6, 6.07) is 14.6. The Morgan fingerprint density at radius 1 is 1.19 bits per heavy atom. The van der Waals surface area contributed by atoms with Crippen molar-refractivity contribution >= 4 is 17.5 Å². The van der Waals surface area contributed by atoms with Crippen molar-refractivity contribution in [3.05, 3.63) is 59.7 Å². The van der Waals surface area contributed by atoms with E-state index in [1.54, 1.807) is 24.3 Å². The van der Waals surface area contributed by atoms with E-state index >= 15 is 0 Å². The molecule has 0 aliphatic rings. The third kappa shape index (κ3) is 5.18. The van der Waals surface area contributed by atoms with Crippen LogP contribution in [0.1, 0.15) is 22.8 Å². The molecule has 1 heterocycles. The van der Waals surface area contributed by atoms with E-state index in [1.165, 1.54) is 18.7 Å². The molecule has 1 N–H and O–H groups in total. The number of ether oxygens (including phenoxy) is 1. The minimum absolute atomic E-state index is 0.00241. The average molecular weight is 384 g/mol. The highest BCUT2D eigenvalue weighted by atomic mass is 32.2. The van der Waals surface area contributed by atoms with Gasteiger partial charge in [-0.15, -0.1) is 10.2 Å². The molecule has 6 nitrogen and oxygen atoms in total. The van der Waals surface area contributed by atoms with Crippen LogP contribution in [0.5, 0.6) is 5.75 Å².